The molecule has 0 amide bonds. The van der Waals surface area contributed by atoms with Crippen LogP contribution in [-0.2, 0) is 15.4 Å². The van der Waals surface area contributed by atoms with Crippen molar-refractivity contribution < 1.29 is 26.3 Å². The van der Waals surface area contributed by atoms with Gasteiger partial charge in [-0.15, -0.1) is 13.2 Å². The molecule has 0 aliphatic carbocycles. The second-order valence-electron chi connectivity index (χ2n) is 7.55. The Kier molecular flexibility index (Phi) is 5.55. The maximum Gasteiger partial charge on any atom is 0.573 e. The second kappa shape index (κ2) is 7.67. The lowest BCUT2D eigenvalue weighted by molar-refractivity contribution is -0.274. The number of halogens is 3. The topological polar surface area (TPSA) is 73.2 Å². The van der Waals surface area contributed by atoms with E-state index in [0.29, 0.717) is 11.4 Å². The molecular formula is C20H20F3N3O3S. The Bertz CT molecular complexity index is 1120. The summed E-state index contributed by atoms with van der Waals surface area (Å²) in [6.45, 7) is 5.52. The molecule has 6 nitrogen and oxygen atoms in total. The largest absolute Gasteiger partial charge is 0.573 e. The molecular weight excluding hydrogens is 419 g/mol. The lowest BCUT2D eigenvalue weighted by atomic mass is 9.92. The molecule has 160 valence electrons. The van der Waals surface area contributed by atoms with Crippen LogP contribution in [0.5, 0.6) is 5.75 Å². The van der Waals surface area contributed by atoms with E-state index in [1.165, 1.54) is 23.0 Å². The van der Waals surface area contributed by atoms with Gasteiger partial charge in [-0.2, -0.15) is 5.10 Å². The summed E-state index contributed by atoms with van der Waals surface area (Å²) >= 11 is 0. The Labute approximate surface area is 172 Å². The fourth-order valence-electron chi connectivity index (χ4n) is 2.72. The smallest absolute Gasteiger partial charge is 0.406 e. The van der Waals surface area contributed by atoms with Crippen LogP contribution < -0.4 is 9.46 Å². The van der Waals surface area contributed by atoms with Gasteiger partial charge in [0.05, 0.1) is 17.6 Å². The van der Waals surface area contributed by atoms with E-state index >= 15 is 0 Å². The molecule has 1 N–H and O–H groups in total. The highest BCUT2D eigenvalue weighted by Crippen LogP contribution is 2.31. The number of alkyl halides is 3. The van der Waals surface area contributed by atoms with E-state index in [2.05, 4.69) is 14.6 Å². The van der Waals surface area contributed by atoms with Crippen molar-refractivity contribution >= 4 is 15.7 Å². The zero-order chi connectivity index (χ0) is 22.2. The van der Waals surface area contributed by atoms with Crippen LogP contribution >= 0.6 is 0 Å². The van der Waals surface area contributed by atoms with E-state index < -0.39 is 27.6 Å². The molecule has 0 saturated carbocycles. The average Bonchev–Trinajstić information content (AvgIpc) is 3.10. The summed E-state index contributed by atoms with van der Waals surface area (Å²) in [7, 11) is -4.06. The molecule has 3 aromatic rings. The first kappa shape index (κ1) is 21.7. The summed E-state index contributed by atoms with van der Waals surface area (Å²) in [5.74, 6) is -0.447. The SMILES string of the molecule is CC(C)(C)c1nn(-c2ccccc2)cc1S(=O)(=O)Nc1ccc(OC(F)(F)F)cc1. The standard InChI is InChI=1S/C20H20F3N3O3S/c1-19(2,3)18-17(13-26(24-18)15-7-5-4-6-8-15)30(27,28)25-14-9-11-16(12-10-14)29-20(21,22)23/h4-13,25H,1-3H3. The third kappa shape index (κ3) is 5.12. The number of hydrogen-bond acceptors (Lipinski definition) is 4. The van der Waals surface area contributed by atoms with E-state index in [9.17, 15) is 21.6 Å². The molecule has 0 radical (unpaired) electrons. The van der Waals surface area contributed by atoms with Crippen LogP contribution in [0.2, 0.25) is 0 Å². The molecule has 0 aliphatic heterocycles. The number of aromatic nitrogens is 2. The highest BCUT2D eigenvalue weighted by molar-refractivity contribution is 7.92. The molecule has 0 spiro atoms. The van der Waals surface area contributed by atoms with Crippen LogP contribution in [0.4, 0.5) is 18.9 Å². The molecule has 1 heterocycles. The Hall–Kier alpha value is -3.01. The Balaban J connectivity index is 1.94. The van der Waals surface area contributed by atoms with Crippen molar-refractivity contribution in [2.75, 3.05) is 4.72 Å². The van der Waals surface area contributed by atoms with Crippen LogP contribution in [0.1, 0.15) is 26.5 Å². The summed E-state index contributed by atoms with van der Waals surface area (Å²) in [5, 5.41) is 4.47. The average molecular weight is 439 g/mol. The highest BCUT2D eigenvalue weighted by Gasteiger charge is 2.32. The van der Waals surface area contributed by atoms with Gasteiger partial charge in [0.25, 0.3) is 10.0 Å². The van der Waals surface area contributed by atoms with Crippen LogP contribution in [0, 0.1) is 0 Å². The number of nitrogens with zero attached hydrogens (tertiary/aromatic N) is 2. The number of nitrogens with one attached hydrogen (secondary N) is 1. The van der Waals surface area contributed by atoms with Gasteiger partial charge in [-0.05, 0) is 36.4 Å². The molecule has 2 aromatic carbocycles. The van der Waals surface area contributed by atoms with Crippen molar-refractivity contribution in [2.45, 2.75) is 37.4 Å². The van der Waals surface area contributed by atoms with E-state index in [4.69, 9.17) is 0 Å². The number of benzene rings is 2. The van der Waals surface area contributed by atoms with E-state index in [1.807, 2.05) is 39.0 Å². The Morgan fingerprint density at radius 3 is 2.10 bits per heavy atom. The van der Waals surface area contributed by atoms with Gasteiger partial charge >= 0.3 is 6.36 Å². The first-order valence-corrected chi connectivity index (χ1v) is 10.4. The van der Waals surface area contributed by atoms with E-state index in [-0.39, 0.29) is 10.6 Å². The van der Waals surface area contributed by atoms with Crippen LogP contribution in [0.25, 0.3) is 5.69 Å². The molecule has 0 aliphatic rings. The lowest BCUT2D eigenvalue weighted by Crippen LogP contribution is -2.20. The summed E-state index contributed by atoms with van der Waals surface area (Å²) in [6.07, 6.45) is -3.41. The first-order chi connectivity index (χ1) is 13.9. The van der Waals surface area contributed by atoms with Gasteiger partial charge in [0.1, 0.15) is 10.6 Å². The predicted molar refractivity (Wildman–Crippen MR) is 106 cm³/mol. The number of rotatable bonds is 5. The third-order valence-corrected chi connectivity index (χ3v) is 5.42. The fraction of sp³-hybridized carbons (Fsp3) is 0.250. The quantitative estimate of drug-likeness (QED) is 0.616. The van der Waals surface area contributed by atoms with Crippen molar-refractivity contribution in [3.05, 3.63) is 66.5 Å². The van der Waals surface area contributed by atoms with Crippen LogP contribution in [-0.4, -0.2) is 24.6 Å². The maximum absolute atomic E-state index is 13.1. The lowest BCUT2D eigenvalue weighted by Gasteiger charge is -2.18. The molecule has 0 bridgehead atoms. The minimum absolute atomic E-state index is 0.0190. The van der Waals surface area contributed by atoms with Gasteiger partial charge in [-0.25, -0.2) is 13.1 Å². The number of para-hydroxylation sites is 1. The summed E-state index contributed by atoms with van der Waals surface area (Å²) in [5.41, 5.74) is 0.569. The van der Waals surface area contributed by atoms with Crippen molar-refractivity contribution in [2.24, 2.45) is 0 Å². The van der Waals surface area contributed by atoms with Crippen molar-refractivity contribution in [1.82, 2.24) is 9.78 Å². The highest BCUT2D eigenvalue weighted by atomic mass is 32.2. The number of anilines is 1. The minimum Gasteiger partial charge on any atom is -0.406 e. The molecule has 1 aromatic heterocycles. The molecule has 0 atom stereocenters. The summed E-state index contributed by atoms with van der Waals surface area (Å²) < 4.78 is 70.6. The van der Waals surface area contributed by atoms with Gasteiger partial charge in [0, 0.05) is 11.1 Å². The molecule has 10 heteroatoms. The molecule has 3 rings (SSSR count). The van der Waals surface area contributed by atoms with Gasteiger partial charge in [-0.3, -0.25) is 4.72 Å². The summed E-state index contributed by atoms with van der Waals surface area (Å²) in [6, 6.07) is 13.5. The van der Waals surface area contributed by atoms with Gasteiger partial charge in [0.2, 0.25) is 0 Å². The van der Waals surface area contributed by atoms with Crippen LogP contribution in [0.15, 0.2) is 65.7 Å². The fourth-order valence-corrected chi connectivity index (χ4v) is 4.12. The van der Waals surface area contributed by atoms with Crippen molar-refractivity contribution in [1.29, 1.82) is 0 Å². The van der Waals surface area contributed by atoms with Gasteiger partial charge < -0.3 is 4.74 Å². The Morgan fingerprint density at radius 2 is 1.57 bits per heavy atom. The van der Waals surface area contributed by atoms with E-state index in [1.54, 1.807) is 12.1 Å². The first-order valence-electron chi connectivity index (χ1n) is 8.89. The zero-order valence-corrected chi connectivity index (χ0v) is 17.3. The maximum atomic E-state index is 13.1. The number of hydrogen-bond donors (Lipinski definition) is 1. The monoisotopic (exact) mass is 439 g/mol. The number of ether oxygens (including phenoxy) is 1. The minimum atomic E-state index is -4.82. The molecule has 0 unspecified atom stereocenters. The number of sulfonamides is 1. The second-order valence-corrected chi connectivity index (χ2v) is 9.20. The van der Waals surface area contributed by atoms with Crippen molar-refractivity contribution in [3.8, 4) is 11.4 Å². The molecule has 0 saturated heterocycles. The van der Waals surface area contributed by atoms with Gasteiger partial charge in [0.15, 0.2) is 0 Å². The van der Waals surface area contributed by atoms with E-state index in [0.717, 1.165) is 12.1 Å². The van der Waals surface area contributed by atoms with Gasteiger partial charge in [-0.1, -0.05) is 39.0 Å². The van der Waals surface area contributed by atoms with Crippen molar-refractivity contribution in [3.63, 3.8) is 0 Å². The summed E-state index contributed by atoms with van der Waals surface area (Å²) in [4.78, 5) is -0.0190. The third-order valence-electron chi connectivity index (χ3n) is 4.04. The molecule has 0 fully saturated rings. The van der Waals surface area contributed by atoms with Crippen LogP contribution in [0.3, 0.4) is 0 Å². The Morgan fingerprint density at radius 1 is 0.967 bits per heavy atom. The normalized spacial score (nSPS) is 12.6. The zero-order valence-electron chi connectivity index (χ0n) is 16.4. The predicted octanol–water partition coefficient (Wildman–Crippen LogP) is 4.87. The molecule has 30 heavy (non-hydrogen) atoms.